The van der Waals surface area contributed by atoms with Crippen molar-refractivity contribution in [3.8, 4) is 11.5 Å². The standard InChI is InChI=1S/C32H40NO6S.C4H10O3S/c1-31(2,3)38-29(34)21-36-24-11-9-13-27(19-24)40(26-17-15-23(16-18-26)33(7)8)28-14-10-12-25(20-28)37-22-30(35)39-32(4,5)6;1-2-3-4-8(5,6)7/h9-20H,21-22H2,1-8H3;2-4H2,1H3,(H,5,6,7)/q+1;/p-1. The van der Waals surface area contributed by atoms with Crippen LogP contribution in [0, 0.1) is 0 Å². The normalized spacial score (nSPS) is 11.6. The van der Waals surface area contributed by atoms with Gasteiger partial charge < -0.3 is 28.4 Å². The first-order valence-electron chi connectivity index (χ1n) is 15.6. The smallest absolute Gasteiger partial charge is 0.344 e. The average Bonchev–Trinajstić information content (AvgIpc) is 2.97. The van der Waals surface area contributed by atoms with Gasteiger partial charge in [0.05, 0.1) is 21.0 Å². The Bertz CT molecular complexity index is 1500. The molecule has 0 atom stereocenters. The molecule has 0 N–H and O–H groups in total. The lowest BCUT2D eigenvalue weighted by atomic mass is 10.2. The molecule has 0 spiro atoms. The van der Waals surface area contributed by atoms with Gasteiger partial charge in [0.25, 0.3) is 0 Å². The molecule has 0 heterocycles. The predicted molar refractivity (Wildman–Crippen MR) is 188 cm³/mol. The number of carbonyl (C=O) groups is 2. The molecule has 0 amide bonds. The van der Waals surface area contributed by atoms with Crippen LogP contribution in [0.25, 0.3) is 0 Å². The molecule has 48 heavy (non-hydrogen) atoms. The third kappa shape index (κ3) is 15.9. The Morgan fingerprint density at radius 2 is 1.17 bits per heavy atom. The van der Waals surface area contributed by atoms with Crippen molar-refractivity contribution in [2.24, 2.45) is 0 Å². The van der Waals surface area contributed by atoms with Gasteiger partial charge >= 0.3 is 11.9 Å². The second kappa shape index (κ2) is 18.1. The largest absolute Gasteiger partial charge is 0.748 e. The molecule has 0 bridgehead atoms. The van der Waals surface area contributed by atoms with E-state index in [1.807, 2.05) is 111 Å². The Balaban J connectivity index is 0.000000886. The fourth-order valence-electron chi connectivity index (χ4n) is 4.02. The van der Waals surface area contributed by atoms with Gasteiger partial charge in [0.1, 0.15) is 22.7 Å². The SMILES string of the molecule is CCCCS(=O)(=O)[O-].CN(C)c1ccc([S+](c2cccc(OCC(=O)OC(C)(C)C)c2)c2cccc(OCC(=O)OC(C)(C)C)c2)cc1. The topological polar surface area (TPSA) is 132 Å². The summed E-state index contributed by atoms with van der Waals surface area (Å²) in [6.07, 6.45) is 1.23. The van der Waals surface area contributed by atoms with Crippen molar-refractivity contribution in [3.63, 3.8) is 0 Å². The minimum Gasteiger partial charge on any atom is -0.748 e. The summed E-state index contributed by atoms with van der Waals surface area (Å²) < 4.78 is 51.9. The zero-order valence-corrected chi connectivity index (χ0v) is 31.0. The number of benzene rings is 3. The summed E-state index contributed by atoms with van der Waals surface area (Å²) in [5, 5.41) is 0. The van der Waals surface area contributed by atoms with Gasteiger partial charge in [-0.1, -0.05) is 25.5 Å². The quantitative estimate of drug-likeness (QED) is 0.109. The molecule has 0 fully saturated rings. The van der Waals surface area contributed by atoms with Crippen LogP contribution < -0.4 is 14.4 Å². The Hall–Kier alpha value is -3.74. The summed E-state index contributed by atoms with van der Waals surface area (Å²) in [6.45, 7) is 12.4. The second-order valence-corrected chi connectivity index (χ2v) is 16.6. The van der Waals surface area contributed by atoms with Gasteiger partial charge in [-0.15, -0.1) is 0 Å². The predicted octanol–water partition coefficient (Wildman–Crippen LogP) is 6.62. The lowest BCUT2D eigenvalue weighted by Gasteiger charge is -2.19. The van der Waals surface area contributed by atoms with E-state index in [0.717, 1.165) is 26.8 Å². The van der Waals surface area contributed by atoms with Crippen LogP contribution in [0.3, 0.4) is 0 Å². The molecule has 0 aliphatic rings. The van der Waals surface area contributed by atoms with Crippen molar-refractivity contribution < 1.29 is 41.5 Å². The maximum absolute atomic E-state index is 12.2. The summed E-state index contributed by atoms with van der Waals surface area (Å²) in [5.41, 5.74) is -0.0649. The number of anilines is 1. The number of hydrogen-bond acceptors (Lipinski definition) is 10. The molecule has 10 nitrogen and oxygen atoms in total. The Morgan fingerprint density at radius 3 is 1.50 bits per heavy atom. The maximum atomic E-state index is 12.2. The molecule has 3 aromatic carbocycles. The molecule has 0 saturated heterocycles. The number of hydrogen-bond donors (Lipinski definition) is 0. The van der Waals surface area contributed by atoms with E-state index in [-0.39, 0.29) is 19.0 Å². The molecule has 3 aromatic rings. The van der Waals surface area contributed by atoms with Crippen LogP contribution in [-0.4, -0.2) is 69.2 Å². The van der Waals surface area contributed by atoms with E-state index in [1.165, 1.54) is 0 Å². The van der Waals surface area contributed by atoms with E-state index >= 15 is 0 Å². The van der Waals surface area contributed by atoms with E-state index in [4.69, 9.17) is 18.9 Å². The maximum Gasteiger partial charge on any atom is 0.344 e. The molecule has 0 saturated carbocycles. The van der Waals surface area contributed by atoms with Crippen LogP contribution in [0.2, 0.25) is 0 Å². The van der Waals surface area contributed by atoms with Gasteiger partial charge in [-0.05, 0) is 96.5 Å². The van der Waals surface area contributed by atoms with E-state index < -0.39 is 44.2 Å². The highest BCUT2D eigenvalue weighted by atomic mass is 32.2. The molecular weight excluding hydrogens is 655 g/mol. The van der Waals surface area contributed by atoms with Gasteiger partial charge in [-0.2, -0.15) is 0 Å². The van der Waals surface area contributed by atoms with E-state index in [1.54, 1.807) is 0 Å². The Kier molecular flexibility index (Phi) is 15.3. The molecule has 0 aliphatic carbocycles. The van der Waals surface area contributed by atoms with Crippen LogP contribution in [0.5, 0.6) is 11.5 Å². The fraction of sp³-hybridized carbons (Fsp3) is 0.444. The first-order valence-corrected chi connectivity index (χ1v) is 18.4. The van der Waals surface area contributed by atoms with Crippen molar-refractivity contribution in [2.75, 3.05) is 38.0 Å². The molecule has 0 unspecified atom stereocenters. The fourth-order valence-corrected chi connectivity index (χ4v) is 6.78. The summed E-state index contributed by atoms with van der Waals surface area (Å²) in [5.74, 6) is 0.0759. The van der Waals surface area contributed by atoms with E-state index in [9.17, 15) is 22.6 Å². The molecule has 12 heteroatoms. The third-order valence-electron chi connectivity index (χ3n) is 5.97. The summed E-state index contributed by atoms with van der Waals surface area (Å²) in [4.78, 5) is 29.6. The highest BCUT2D eigenvalue weighted by molar-refractivity contribution is 7.97. The molecule has 3 rings (SSSR count). The number of esters is 2. The minimum atomic E-state index is -3.94. The monoisotopic (exact) mass is 703 g/mol. The van der Waals surface area contributed by atoms with Crippen molar-refractivity contribution >= 4 is 38.6 Å². The van der Waals surface area contributed by atoms with Crippen LogP contribution in [-0.2, 0) is 40.1 Å². The third-order valence-corrected chi connectivity index (χ3v) is 8.96. The highest BCUT2D eigenvalue weighted by Gasteiger charge is 2.30. The van der Waals surface area contributed by atoms with Crippen molar-refractivity contribution in [2.45, 2.75) is 87.2 Å². The lowest BCUT2D eigenvalue weighted by Crippen LogP contribution is -2.27. The van der Waals surface area contributed by atoms with Crippen LogP contribution in [0.4, 0.5) is 5.69 Å². The molecule has 264 valence electrons. The Labute approximate surface area is 288 Å². The first-order chi connectivity index (χ1) is 22.3. The van der Waals surface area contributed by atoms with Crippen LogP contribution in [0.1, 0.15) is 61.3 Å². The number of ether oxygens (including phenoxy) is 4. The number of nitrogens with zero attached hydrogens (tertiary/aromatic N) is 1. The van der Waals surface area contributed by atoms with Crippen molar-refractivity contribution in [1.82, 2.24) is 0 Å². The number of rotatable bonds is 13. The van der Waals surface area contributed by atoms with Crippen molar-refractivity contribution in [1.29, 1.82) is 0 Å². The number of unbranched alkanes of at least 4 members (excludes halogenated alkanes) is 1. The second-order valence-electron chi connectivity index (χ2n) is 13.0. The molecular formula is C36H49NO9S2. The summed E-state index contributed by atoms with van der Waals surface area (Å²) >= 11 is 0. The molecule has 0 aromatic heterocycles. The van der Waals surface area contributed by atoms with E-state index in [0.29, 0.717) is 17.9 Å². The van der Waals surface area contributed by atoms with Gasteiger partial charge in [0, 0.05) is 37.7 Å². The van der Waals surface area contributed by atoms with Gasteiger partial charge in [-0.3, -0.25) is 0 Å². The van der Waals surface area contributed by atoms with Crippen molar-refractivity contribution in [3.05, 3.63) is 72.8 Å². The lowest BCUT2D eigenvalue weighted by molar-refractivity contribution is -0.158. The summed E-state index contributed by atoms with van der Waals surface area (Å²) in [7, 11) is -0.453. The van der Waals surface area contributed by atoms with Gasteiger partial charge in [-0.25, -0.2) is 18.0 Å². The minimum absolute atomic E-state index is 0.181. The Morgan fingerprint density at radius 1 is 0.729 bits per heavy atom. The van der Waals surface area contributed by atoms with E-state index in [2.05, 4.69) is 29.2 Å². The summed E-state index contributed by atoms with van der Waals surface area (Å²) in [6, 6.07) is 23.8. The highest BCUT2D eigenvalue weighted by Crippen LogP contribution is 2.35. The van der Waals surface area contributed by atoms with Gasteiger partial charge in [0.2, 0.25) is 0 Å². The van der Waals surface area contributed by atoms with Crippen LogP contribution >= 0.6 is 0 Å². The average molecular weight is 704 g/mol. The number of carbonyl (C=O) groups excluding carboxylic acids is 2. The molecule has 0 radical (unpaired) electrons. The van der Waals surface area contributed by atoms with Crippen LogP contribution in [0.15, 0.2) is 87.5 Å². The zero-order valence-electron chi connectivity index (χ0n) is 29.4. The van der Waals surface area contributed by atoms with Gasteiger partial charge in [0.15, 0.2) is 27.9 Å². The molecule has 0 aliphatic heterocycles. The zero-order chi connectivity index (χ0) is 36.1. The first kappa shape index (κ1) is 40.4.